The smallest absolute Gasteiger partial charge is 0.0346 e. The van der Waals surface area contributed by atoms with Crippen molar-refractivity contribution in [3.8, 4) is 11.1 Å². The van der Waals surface area contributed by atoms with Gasteiger partial charge in [0, 0.05) is 18.9 Å². The van der Waals surface area contributed by atoms with Crippen molar-refractivity contribution >= 4 is 0 Å². The number of pyridine rings is 1. The van der Waals surface area contributed by atoms with E-state index in [0.717, 1.165) is 13.1 Å². The third kappa shape index (κ3) is 3.67. The van der Waals surface area contributed by atoms with E-state index >= 15 is 0 Å². The third-order valence-corrected chi connectivity index (χ3v) is 2.99. The van der Waals surface area contributed by atoms with Crippen molar-refractivity contribution < 1.29 is 0 Å². The minimum Gasteiger partial charge on any atom is -0.313 e. The van der Waals surface area contributed by atoms with Gasteiger partial charge in [0.1, 0.15) is 0 Å². The quantitative estimate of drug-likeness (QED) is 0.780. The van der Waals surface area contributed by atoms with E-state index in [1.807, 2.05) is 12.3 Å². The molecule has 1 N–H and O–H groups in total. The molecule has 0 saturated heterocycles. The van der Waals surface area contributed by atoms with Gasteiger partial charge < -0.3 is 5.32 Å². The fraction of sp³-hybridized carbons (Fsp3) is 0.312. The Labute approximate surface area is 109 Å². The average molecular weight is 240 g/mol. The molecular weight excluding hydrogens is 220 g/mol. The van der Waals surface area contributed by atoms with Crippen molar-refractivity contribution in [2.45, 2.75) is 26.3 Å². The Morgan fingerprint density at radius 2 is 1.89 bits per heavy atom. The predicted molar refractivity (Wildman–Crippen MR) is 76.3 cm³/mol. The number of rotatable bonds is 6. The zero-order valence-electron chi connectivity index (χ0n) is 10.9. The van der Waals surface area contributed by atoms with Crippen molar-refractivity contribution in [1.82, 2.24) is 10.3 Å². The summed E-state index contributed by atoms with van der Waals surface area (Å²) in [6, 6.07) is 12.7. The molecule has 0 aliphatic carbocycles. The summed E-state index contributed by atoms with van der Waals surface area (Å²) in [5.41, 5.74) is 3.72. The first-order valence-corrected chi connectivity index (χ1v) is 6.60. The molecule has 1 aromatic carbocycles. The van der Waals surface area contributed by atoms with Crippen LogP contribution in [0.15, 0.2) is 48.8 Å². The molecule has 18 heavy (non-hydrogen) atoms. The lowest BCUT2D eigenvalue weighted by Gasteiger charge is -2.05. The molecule has 0 spiro atoms. The molecule has 2 heteroatoms. The average Bonchev–Trinajstić information content (AvgIpc) is 2.45. The van der Waals surface area contributed by atoms with Crippen LogP contribution in [0, 0.1) is 0 Å². The van der Waals surface area contributed by atoms with Crippen LogP contribution in [0.2, 0.25) is 0 Å². The van der Waals surface area contributed by atoms with Crippen LogP contribution in [0.3, 0.4) is 0 Å². The zero-order valence-corrected chi connectivity index (χ0v) is 10.9. The second kappa shape index (κ2) is 6.92. The Balaban J connectivity index is 1.94. The molecule has 0 aliphatic heterocycles. The Morgan fingerprint density at radius 1 is 1.06 bits per heavy atom. The molecule has 0 amide bonds. The SMILES string of the molecule is CCCCNCc1ccc(-c2cccnc2)cc1. The zero-order chi connectivity index (χ0) is 12.6. The molecule has 0 radical (unpaired) electrons. The van der Waals surface area contributed by atoms with E-state index in [0.29, 0.717) is 0 Å². The van der Waals surface area contributed by atoms with Crippen LogP contribution in [-0.4, -0.2) is 11.5 Å². The van der Waals surface area contributed by atoms with Crippen LogP contribution in [0.1, 0.15) is 25.3 Å². The lowest BCUT2D eigenvalue weighted by Crippen LogP contribution is -2.14. The number of nitrogens with one attached hydrogen (secondary N) is 1. The first kappa shape index (κ1) is 12.8. The monoisotopic (exact) mass is 240 g/mol. The van der Waals surface area contributed by atoms with Crippen LogP contribution < -0.4 is 5.32 Å². The maximum absolute atomic E-state index is 4.14. The summed E-state index contributed by atoms with van der Waals surface area (Å²) < 4.78 is 0. The predicted octanol–water partition coefficient (Wildman–Crippen LogP) is 3.64. The number of nitrogens with zero attached hydrogens (tertiary/aromatic N) is 1. The molecule has 0 unspecified atom stereocenters. The van der Waals surface area contributed by atoms with Crippen molar-refractivity contribution in [3.05, 3.63) is 54.4 Å². The number of aromatic nitrogens is 1. The van der Waals surface area contributed by atoms with Gasteiger partial charge in [0.25, 0.3) is 0 Å². The molecule has 1 aromatic heterocycles. The largest absolute Gasteiger partial charge is 0.313 e. The minimum atomic E-state index is 0.952. The van der Waals surface area contributed by atoms with Crippen LogP contribution >= 0.6 is 0 Å². The van der Waals surface area contributed by atoms with Gasteiger partial charge in [-0.1, -0.05) is 43.7 Å². The van der Waals surface area contributed by atoms with Gasteiger partial charge in [-0.15, -0.1) is 0 Å². The summed E-state index contributed by atoms with van der Waals surface area (Å²) in [6.45, 7) is 4.26. The van der Waals surface area contributed by atoms with Crippen molar-refractivity contribution in [2.24, 2.45) is 0 Å². The van der Waals surface area contributed by atoms with Gasteiger partial charge >= 0.3 is 0 Å². The van der Waals surface area contributed by atoms with Crippen LogP contribution in [0.5, 0.6) is 0 Å². The molecule has 94 valence electrons. The number of hydrogen-bond donors (Lipinski definition) is 1. The van der Waals surface area contributed by atoms with E-state index in [1.54, 1.807) is 6.20 Å². The highest BCUT2D eigenvalue weighted by molar-refractivity contribution is 5.62. The van der Waals surface area contributed by atoms with Crippen molar-refractivity contribution in [3.63, 3.8) is 0 Å². The third-order valence-electron chi connectivity index (χ3n) is 2.99. The first-order chi connectivity index (χ1) is 8.90. The second-order valence-corrected chi connectivity index (χ2v) is 4.47. The van der Waals surface area contributed by atoms with E-state index < -0.39 is 0 Å². The molecule has 2 nitrogen and oxygen atoms in total. The molecule has 0 atom stereocenters. The van der Waals surface area contributed by atoms with Crippen molar-refractivity contribution in [1.29, 1.82) is 0 Å². The Morgan fingerprint density at radius 3 is 2.56 bits per heavy atom. The van der Waals surface area contributed by atoms with E-state index in [4.69, 9.17) is 0 Å². The maximum Gasteiger partial charge on any atom is 0.0346 e. The maximum atomic E-state index is 4.14. The summed E-state index contributed by atoms with van der Waals surface area (Å²) in [4.78, 5) is 4.14. The molecule has 0 bridgehead atoms. The highest BCUT2D eigenvalue weighted by Gasteiger charge is 1.97. The van der Waals surface area contributed by atoms with Crippen molar-refractivity contribution in [2.75, 3.05) is 6.54 Å². The number of hydrogen-bond acceptors (Lipinski definition) is 2. The summed E-state index contributed by atoms with van der Waals surface area (Å²) in [6.07, 6.45) is 6.19. The highest BCUT2D eigenvalue weighted by Crippen LogP contribution is 2.18. The molecule has 2 rings (SSSR count). The molecule has 0 fully saturated rings. The molecule has 1 heterocycles. The van der Waals surface area contributed by atoms with Gasteiger partial charge in [-0.25, -0.2) is 0 Å². The van der Waals surface area contributed by atoms with Gasteiger partial charge in [-0.05, 0) is 35.7 Å². The van der Waals surface area contributed by atoms with Gasteiger partial charge in [0.05, 0.1) is 0 Å². The van der Waals surface area contributed by atoms with E-state index in [-0.39, 0.29) is 0 Å². The second-order valence-electron chi connectivity index (χ2n) is 4.47. The lowest BCUT2D eigenvalue weighted by atomic mass is 10.1. The van der Waals surface area contributed by atoms with Gasteiger partial charge in [0.15, 0.2) is 0 Å². The van der Waals surface area contributed by atoms with Crippen LogP contribution in [0.4, 0.5) is 0 Å². The standard InChI is InChI=1S/C16H20N2/c1-2-3-10-17-12-14-6-8-15(9-7-14)16-5-4-11-18-13-16/h4-9,11,13,17H,2-3,10,12H2,1H3. The Bertz CT molecular complexity index is 448. The first-order valence-electron chi connectivity index (χ1n) is 6.60. The normalized spacial score (nSPS) is 10.5. The molecule has 0 saturated carbocycles. The molecule has 0 aliphatic rings. The highest BCUT2D eigenvalue weighted by atomic mass is 14.8. The van der Waals surface area contributed by atoms with E-state index in [9.17, 15) is 0 Å². The van der Waals surface area contributed by atoms with Gasteiger partial charge in [-0.2, -0.15) is 0 Å². The van der Waals surface area contributed by atoms with Gasteiger partial charge in [-0.3, -0.25) is 4.98 Å². The summed E-state index contributed by atoms with van der Waals surface area (Å²) in [5.74, 6) is 0. The number of unbranched alkanes of at least 4 members (excludes halogenated alkanes) is 1. The number of benzene rings is 1. The summed E-state index contributed by atoms with van der Waals surface area (Å²) in [7, 11) is 0. The molecule has 2 aromatic rings. The molecular formula is C16H20N2. The van der Waals surface area contributed by atoms with E-state index in [1.165, 1.54) is 29.5 Å². The van der Waals surface area contributed by atoms with Crippen LogP contribution in [0.25, 0.3) is 11.1 Å². The summed E-state index contributed by atoms with van der Waals surface area (Å²) in [5, 5.41) is 3.45. The fourth-order valence-corrected chi connectivity index (χ4v) is 1.88. The van der Waals surface area contributed by atoms with E-state index in [2.05, 4.69) is 47.6 Å². The Kier molecular flexibility index (Phi) is 4.91. The van der Waals surface area contributed by atoms with Crippen LogP contribution in [-0.2, 0) is 6.54 Å². The Hall–Kier alpha value is -1.67. The topological polar surface area (TPSA) is 24.9 Å². The lowest BCUT2D eigenvalue weighted by molar-refractivity contribution is 0.641. The minimum absolute atomic E-state index is 0.952. The van der Waals surface area contributed by atoms with Gasteiger partial charge in [0.2, 0.25) is 0 Å². The summed E-state index contributed by atoms with van der Waals surface area (Å²) >= 11 is 0. The fourth-order valence-electron chi connectivity index (χ4n) is 1.88.